The predicted octanol–water partition coefficient (Wildman–Crippen LogP) is 4.10. The van der Waals surface area contributed by atoms with Gasteiger partial charge in [0.15, 0.2) is 0 Å². The number of rotatable bonds is 8. The summed E-state index contributed by atoms with van der Waals surface area (Å²) in [6, 6.07) is 0. The van der Waals surface area contributed by atoms with Gasteiger partial charge >= 0.3 is 0 Å². The van der Waals surface area contributed by atoms with E-state index in [1.54, 1.807) is 0 Å². The van der Waals surface area contributed by atoms with Crippen LogP contribution in [0, 0.1) is 5.92 Å². The smallest absolute Gasteiger partial charge is 0.0175 e. The van der Waals surface area contributed by atoms with Crippen LogP contribution in [-0.2, 0) is 0 Å². The van der Waals surface area contributed by atoms with Crippen LogP contribution < -0.4 is 0 Å². The van der Waals surface area contributed by atoms with Gasteiger partial charge < -0.3 is 4.90 Å². The van der Waals surface area contributed by atoms with Crippen LogP contribution in [0.4, 0.5) is 0 Å². The third-order valence-electron chi connectivity index (χ3n) is 3.96. The molecule has 0 aromatic carbocycles. The first kappa shape index (κ1) is 14.7. The summed E-state index contributed by atoms with van der Waals surface area (Å²) in [5.74, 6) is 0.757. The third kappa shape index (κ3) is 4.83. The molecule has 0 aliphatic heterocycles. The third-order valence-corrected chi connectivity index (χ3v) is 3.96. The average molecular weight is 211 g/mol. The molecular weight excluding hydrogens is 182 g/mol. The number of nitrogens with zero attached hydrogens (tertiary/aromatic N) is 1. The van der Waals surface area contributed by atoms with Crippen LogP contribution in [-0.4, -0.2) is 24.0 Å². The highest BCUT2D eigenvalue weighted by molar-refractivity contribution is 4.84. The molecule has 0 N–H and O–H groups in total. The van der Waals surface area contributed by atoms with Crippen molar-refractivity contribution in [3.63, 3.8) is 0 Å². The molecule has 0 spiro atoms. The van der Waals surface area contributed by atoms with E-state index in [0.29, 0.717) is 5.54 Å². The van der Waals surface area contributed by atoms with Crippen molar-refractivity contribution < 1.29 is 0 Å². The molecule has 0 aliphatic rings. The molecule has 1 atom stereocenters. The second kappa shape index (κ2) is 7.05. The van der Waals surface area contributed by atoms with Gasteiger partial charge in [0, 0.05) is 5.54 Å². The summed E-state index contributed by atoms with van der Waals surface area (Å²) < 4.78 is 0. The lowest BCUT2D eigenvalue weighted by molar-refractivity contribution is 0.0967. The Kier molecular flexibility index (Phi) is 6.91. The van der Waals surface area contributed by atoms with Crippen LogP contribution >= 0.6 is 0 Å². The fourth-order valence-corrected chi connectivity index (χ4v) is 1.88. The van der Waals surface area contributed by atoms with E-state index >= 15 is 0 Å². The molecular formula is C14H29N. The molecule has 1 unspecified atom stereocenters. The SMILES string of the molecule is C=CCCCCC(C)C(C)(C)N(C)CC. The van der Waals surface area contributed by atoms with E-state index in [0.717, 1.165) is 18.9 Å². The van der Waals surface area contributed by atoms with Crippen LogP contribution in [0.15, 0.2) is 12.7 Å². The normalized spacial score (nSPS) is 14.3. The van der Waals surface area contributed by atoms with Gasteiger partial charge in [-0.3, -0.25) is 0 Å². The lowest BCUT2D eigenvalue weighted by Gasteiger charge is -2.40. The standard InChI is InChI=1S/C14H29N/c1-7-9-10-11-12-13(3)14(4,5)15(6)8-2/h7,13H,1,8-12H2,2-6H3. The Balaban J connectivity index is 3.95. The van der Waals surface area contributed by atoms with E-state index < -0.39 is 0 Å². The molecule has 0 amide bonds. The molecule has 0 aliphatic carbocycles. The quantitative estimate of drug-likeness (QED) is 0.431. The summed E-state index contributed by atoms with van der Waals surface area (Å²) in [5, 5.41) is 0. The summed E-state index contributed by atoms with van der Waals surface area (Å²) in [7, 11) is 2.22. The lowest BCUT2D eigenvalue weighted by atomic mass is 9.83. The number of unbranched alkanes of at least 4 members (excludes halogenated alkanes) is 2. The van der Waals surface area contributed by atoms with Gasteiger partial charge in [0.05, 0.1) is 0 Å². The minimum Gasteiger partial charge on any atom is -0.301 e. The highest BCUT2D eigenvalue weighted by atomic mass is 15.2. The summed E-state index contributed by atoms with van der Waals surface area (Å²) in [6.45, 7) is 14.2. The van der Waals surface area contributed by atoms with Gasteiger partial charge in [-0.1, -0.05) is 26.3 Å². The van der Waals surface area contributed by atoms with Crippen molar-refractivity contribution in [3.8, 4) is 0 Å². The molecule has 90 valence electrons. The minimum absolute atomic E-state index is 0.322. The van der Waals surface area contributed by atoms with E-state index in [9.17, 15) is 0 Å². The van der Waals surface area contributed by atoms with Crippen molar-refractivity contribution in [3.05, 3.63) is 12.7 Å². The molecule has 0 radical (unpaired) electrons. The highest BCUT2D eigenvalue weighted by Crippen LogP contribution is 2.27. The molecule has 0 heterocycles. The van der Waals surface area contributed by atoms with Crippen molar-refractivity contribution in [1.29, 1.82) is 0 Å². The Morgan fingerprint density at radius 3 is 2.40 bits per heavy atom. The maximum absolute atomic E-state index is 3.76. The zero-order valence-corrected chi connectivity index (χ0v) is 11.3. The van der Waals surface area contributed by atoms with E-state index in [1.807, 2.05) is 6.08 Å². The van der Waals surface area contributed by atoms with E-state index in [-0.39, 0.29) is 0 Å². The first-order valence-corrected chi connectivity index (χ1v) is 6.28. The molecule has 15 heavy (non-hydrogen) atoms. The van der Waals surface area contributed by atoms with Gasteiger partial charge in [0.1, 0.15) is 0 Å². The Labute approximate surface area is 96.6 Å². The van der Waals surface area contributed by atoms with Gasteiger partial charge in [-0.15, -0.1) is 6.58 Å². The van der Waals surface area contributed by atoms with Gasteiger partial charge in [-0.2, -0.15) is 0 Å². The Bertz CT molecular complexity index is 172. The summed E-state index contributed by atoms with van der Waals surface area (Å²) in [6.07, 6.45) is 7.13. The fourth-order valence-electron chi connectivity index (χ4n) is 1.88. The largest absolute Gasteiger partial charge is 0.301 e. The van der Waals surface area contributed by atoms with Crippen molar-refractivity contribution in [2.75, 3.05) is 13.6 Å². The van der Waals surface area contributed by atoms with Crippen molar-refractivity contribution in [2.45, 2.75) is 58.9 Å². The zero-order valence-electron chi connectivity index (χ0n) is 11.3. The highest BCUT2D eigenvalue weighted by Gasteiger charge is 2.28. The van der Waals surface area contributed by atoms with Crippen LogP contribution in [0.1, 0.15) is 53.4 Å². The monoisotopic (exact) mass is 211 g/mol. The van der Waals surface area contributed by atoms with Crippen molar-refractivity contribution in [2.24, 2.45) is 5.92 Å². The fraction of sp³-hybridized carbons (Fsp3) is 0.857. The first-order valence-electron chi connectivity index (χ1n) is 6.28. The second-order valence-electron chi connectivity index (χ2n) is 5.14. The van der Waals surface area contributed by atoms with Crippen LogP contribution in [0.2, 0.25) is 0 Å². The molecule has 0 rings (SSSR count). The topological polar surface area (TPSA) is 3.24 Å². The maximum Gasteiger partial charge on any atom is 0.0175 e. The molecule has 0 saturated heterocycles. The number of hydrogen-bond donors (Lipinski definition) is 0. The zero-order chi connectivity index (χ0) is 11.9. The summed E-state index contributed by atoms with van der Waals surface area (Å²) >= 11 is 0. The second-order valence-corrected chi connectivity index (χ2v) is 5.14. The molecule has 0 saturated carbocycles. The molecule has 1 heteroatoms. The Hall–Kier alpha value is -0.300. The summed E-state index contributed by atoms with van der Waals surface area (Å²) in [5.41, 5.74) is 0.322. The van der Waals surface area contributed by atoms with Crippen LogP contribution in [0.25, 0.3) is 0 Å². The van der Waals surface area contributed by atoms with Gasteiger partial charge in [-0.05, 0) is 52.6 Å². The van der Waals surface area contributed by atoms with Crippen LogP contribution in [0.3, 0.4) is 0 Å². The predicted molar refractivity (Wildman–Crippen MR) is 70.2 cm³/mol. The molecule has 0 bridgehead atoms. The van der Waals surface area contributed by atoms with Gasteiger partial charge in [-0.25, -0.2) is 0 Å². The Morgan fingerprint density at radius 2 is 1.93 bits per heavy atom. The molecule has 1 nitrogen and oxygen atoms in total. The molecule has 0 aromatic heterocycles. The molecule has 0 fully saturated rings. The first-order chi connectivity index (χ1) is 6.96. The van der Waals surface area contributed by atoms with Crippen LogP contribution in [0.5, 0.6) is 0 Å². The Morgan fingerprint density at radius 1 is 1.33 bits per heavy atom. The van der Waals surface area contributed by atoms with E-state index in [1.165, 1.54) is 19.3 Å². The van der Waals surface area contributed by atoms with E-state index in [4.69, 9.17) is 0 Å². The number of allylic oxidation sites excluding steroid dienone is 1. The van der Waals surface area contributed by atoms with Crippen molar-refractivity contribution >= 4 is 0 Å². The van der Waals surface area contributed by atoms with Gasteiger partial charge in [0.2, 0.25) is 0 Å². The maximum atomic E-state index is 3.76. The van der Waals surface area contributed by atoms with Gasteiger partial charge in [0.25, 0.3) is 0 Å². The van der Waals surface area contributed by atoms with Crippen molar-refractivity contribution in [1.82, 2.24) is 4.90 Å². The average Bonchev–Trinajstić information content (AvgIpc) is 2.22. The lowest BCUT2D eigenvalue weighted by Crippen LogP contribution is -2.46. The summed E-state index contributed by atoms with van der Waals surface area (Å²) in [4.78, 5) is 2.45. The molecule has 0 aromatic rings. The number of hydrogen-bond acceptors (Lipinski definition) is 1. The minimum atomic E-state index is 0.322. The van der Waals surface area contributed by atoms with E-state index in [2.05, 4.69) is 46.2 Å².